The number of halogens is 1. The molecular weight excluding hydrogens is 282 g/mol. The zero-order valence-corrected chi connectivity index (χ0v) is 11.9. The molecular formula is C13H16ClN3O3. The predicted molar refractivity (Wildman–Crippen MR) is 77.1 cm³/mol. The Morgan fingerprint density at radius 3 is 2.90 bits per heavy atom. The molecule has 1 heterocycles. The van der Waals surface area contributed by atoms with Gasteiger partial charge in [-0.3, -0.25) is 14.9 Å². The Balaban J connectivity index is 2.15. The molecule has 0 bridgehead atoms. The summed E-state index contributed by atoms with van der Waals surface area (Å²) in [5.41, 5.74) is 0.996. The van der Waals surface area contributed by atoms with Gasteiger partial charge in [-0.2, -0.15) is 0 Å². The molecule has 0 saturated carbocycles. The summed E-state index contributed by atoms with van der Waals surface area (Å²) < 4.78 is 0. The number of nitro benzene ring substituents is 1. The Labute approximate surface area is 121 Å². The maximum atomic E-state index is 12.1. The highest BCUT2D eigenvalue weighted by atomic mass is 35.5. The zero-order chi connectivity index (χ0) is 14.7. The molecule has 108 valence electrons. The minimum Gasteiger partial charge on any atom is -0.326 e. The molecule has 0 radical (unpaired) electrons. The van der Waals surface area contributed by atoms with Gasteiger partial charge in [0.05, 0.1) is 10.8 Å². The van der Waals surface area contributed by atoms with Crippen molar-refractivity contribution in [2.24, 2.45) is 5.92 Å². The monoisotopic (exact) mass is 297 g/mol. The van der Waals surface area contributed by atoms with Crippen LogP contribution in [0.2, 0.25) is 5.02 Å². The van der Waals surface area contributed by atoms with Crippen LogP contribution >= 0.6 is 11.6 Å². The summed E-state index contributed by atoms with van der Waals surface area (Å²) in [7, 11) is 0. The van der Waals surface area contributed by atoms with Crippen molar-refractivity contribution in [3.05, 3.63) is 32.8 Å². The van der Waals surface area contributed by atoms with E-state index in [4.69, 9.17) is 11.6 Å². The van der Waals surface area contributed by atoms with E-state index >= 15 is 0 Å². The van der Waals surface area contributed by atoms with Crippen LogP contribution in [0.4, 0.5) is 11.4 Å². The maximum Gasteiger partial charge on any atom is 0.288 e. The third-order valence-electron chi connectivity index (χ3n) is 3.42. The number of benzene rings is 1. The molecule has 1 aliphatic rings. The number of nitrogens with zero attached hydrogens (tertiary/aromatic N) is 1. The largest absolute Gasteiger partial charge is 0.326 e. The van der Waals surface area contributed by atoms with Gasteiger partial charge >= 0.3 is 0 Å². The second kappa shape index (κ2) is 6.19. The zero-order valence-electron chi connectivity index (χ0n) is 11.1. The van der Waals surface area contributed by atoms with Gasteiger partial charge in [-0.05, 0) is 37.9 Å². The van der Waals surface area contributed by atoms with E-state index in [-0.39, 0.29) is 22.5 Å². The quantitative estimate of drug-likeness (QED) is 0.663. The Hall–Kier alpha value is -1.66. The summed E-state index contributed by atoms with van der Waals surface area (Å²) in [4.78, 5) is 22.4. The number of piperidine rings is 1. The minimum absolute atomic E-state index is 0.0256. The third-order valence-corrected chi connectivity index (χ3v) is 3.72. The van der Waals surface area contributed by atoms with Gasteiger partial charge in [-0.15, -0.1) is 0 Å². The third kappa shape index (κ3) is 3.26. The SMILES string of the molecule is Cc1cc([N+](=O)[O-])c(Cl)cc1NC(=O)[C@H]1CCCNC1. The van der Waals surface area contributed by atoms with E-state index in [1.165, 1.54) is 12.1 Å². The molecule has 1 aromatic carbocycles. The highest BCUT2D eigenvalue weighted by molar-refractivity contribution is 6.33. The average molecular weight is 298 g/mol. The van der Waals surface area contributed by atoms with E-state index in [0.29, 0.717) is 17.8 Å². The van der Waals surface area contributed by atoms with E-state index in [0.717, 1.165) is 19.4 Å². The van der Waals surface area contributed by atoms with Crippen LogP contribution in [-0.2, 0) is 4.79 Å². The maximum absolute atomic E-state index is 12.1. The van der Waals surface area contributed by atoms with Crippen LogP contribution in [0.3, 0.4) is 0 Å². The van der Waals surface area contributed by atoms with Gasteiger partial charge in [0.2, 0.25) is 5.91 Å². The van der Waals surface area contributed by atoms with Gasteiger partial charge in [0.15, 0.2) is 0 Å². The molecule has 0 aliphatic carbocycles. The van der Waals surface area contributed by atoms with E-state index < -0.39 is 4.92 Å². The van der Waals surface area contributed by atoms with E-state index in [1.807, 2.05) is 0 Å². The molecule has 0 aromatic heterocycles. The summed E-state index contributed by atoms with van der Waals surface area (Å²) in [6.45, 7) is 3.30. The van der Waals surface area contributed by atoms with Gasteiger partial charge in [0.1, 0.15) is 5.02 Å². The number of rotatable bonds is 3. The Kier molecular flexibility index (Phi) is 4.57. The van der Waals surface area contributed by atoms with Crippen LogP contribution in [0.1, 0.15) is 18.4 Å². The first kappa shape index (κ1) is 14.7. The fraction of sp³-hybridized carbons (Fsp3) is 0.462. The van der Waals surface area contributed by atoms with Crippen molar-refractivity contribution in [2.75, 3.05) is 18.4 Å². The van der Waals surface area contributed by atoms with Crippen molar-refractivity contribution >= 4 is 28.9 Å². The van der Waals surface area contributed by atoms with Crippen molar-refractivity contribution in [3.8, 4) is 0 Å². The molecule has 20 heavy (non-hydrogen) atoms. The molecule has 2 N–H and O–H groups in total. The fourth-order valence-corrected chi connectivity index (χ4v) is 2.48. The van der Waals surface area contributed by atoms with Crippen molar-refractivity contribution < 1.29 is 9.72 Å². The Morgan fingerprint density at radius 1 is 1.55 bits per heavy atom. The average Bonchev–Trinajstić information content (AvgIpc) is 2.43. The number of nitrogens with one attached hydrogen (secondary N) is 2. The number of carbonyl (C=O) groups is 1. The van der Waals surface area contributed by atoms with Gasteiger partial charge < -0.3 is 10.6 Å². The molecule has 1 amide bonds. The van der Waals surface area contributed by atoms with E-state index in [9.17, 15) is 14.9 Å². The number of aryl methyl sites for hydroxylation is 1. The number of anilines is 1. The lowest BCUT2D eigenvalue weighted by molar-refractivity contribution is -0.384. The molecule has 1 aliphatic heterocycles. The second-order valence-electron chi connectivity index (χ2n) is 4.91. The first-order valence-electron chi connectivity index (χ1n) is 6.45. The molecule has 1 atom stereocenters. The van der Waals surface area contributed by atoms with E-state index in [2.05, 4.69) is 10.6 Å². The molecule has 0 unspecified atom stereocenters. The summed E-state index contributed by atoms with van der Waals surface area (Å²) in [6, 6.07) is 2.81. The molecule has 7 heteroatoms. The van der Waals surface area contributed by atoms with Crippen LogP contribution < -0.4 is 10.6 Å². The van der Waals surface area contributed by atoms with Crippen LogP contribution in [-0.4, -0.2) is 23.9 Å². The summed E-state index contributed by atoms with van der Waals surface area (Å²) in [5.74, 6) is -0.151. The highest BCUT2D eigenvalue weighted by Crippen LogP contribution is 2.30. The van der Waals surface area contributed by atoms with Gasteiger partial charge in [-0.1, -0.05) is 11.6 Å². The van der Waals surface area contributed by atoms with Gasteiger partial charge in [0.25, 0.3) is 5.69 Å². The number of hydrogen-bond acceptors (Lipinski definition) is 4. The first-order valence-corrected chi connectivity index (χ1v) is 6.83. The molecule has 1 saturated heterocycles. The van der Waals surface area contributed by atoms with Crippen molar-refractivity contribution in [3.63, 3.8) is 0 Å². The predicted octanol–water partition coefficient (Wildman–Crippen LogP) is 2.49. The normalized spacial score (nSPS) is 18.6. The van der Waals surface area contributed by atoms with Crippen LogP contribution in [0, 0.1) is 23.0 Å². The standard InChI is InChI=1S/C13H16ClN3O3/c1-8-5-12(17(19)20)10(14)6-11(8)16-13(18)9-3-2-4-15-7-9/h5-6,9,15H,2-4,7H2,1H3,(H,16,18)/t9-/m0/s1. The second-order valence-corrected chi connectivity index (χ2v) is 5.32. The number of amides is 1. The van der Waals surface area contributed by atoms with Gasteiger partial charge in [-0.25, -0.2) is 0 Å². The molecule has 2 rings (SSSR count). The number of hydrogen-bond donors (Lipinski definition) is 2. The molecule has 1 fully saturated rings. The van der Waals surface area contributed by atoms with Crippen molar-refractivity contribution in [1.29, 1.82) is 0 Å². The van der Waals surface area contributed by atoms with E-state index in [1.54, 1.807) is 6.92 Å². The van der Waals surface area contributed by atoms with Crippen LogP contribution in [0.15, 0.2) is 12.1 Å². The fourth-order valence-electron chi connectivity index (χ4n) is 2.25. The smallest absolute Gasteiger partial charge is 0.288 e. The number of carbonyl (C=O) groups excluding carboxylic acids is 1. The van der Waals surface area contributed by atoms with Gasteiger partial charge in [0, 0.05) is 18.3 Å². The van der Waals surface area contributed by atoms with Crippen LogP contribution in [0.25, 0.3) is 0 Å². The lowest BCUT2D eigenvalue weighted by Crippen LogP contribution is -2.37. The first-order chi connectivity index (χ1) is 9.49. The molecule has 0 spiro atoms. The molecule has 6 nitrogen and oxygen atoms in total. The lowest BCUT2D eigenvalue weighted by atomic mass is 9.98. The van der Waals surface area contributed by atoms with Crippen LogP contribution in [0.5, 0.6) is 0 Å². The summed E-state index contributed by atoms with van der Waals surface area (Å²) in [6.07, 6.45) is 1.82. The Morgan fingerprint density at radius 2 is 2.30 bits per heavy atom. The lowest BCUT2D eigenvalue weighted by Gasteiger charge is -2.22. The Bertz CT molecular complexity index is 542. The summed E-state index contributed by atoms with van der Waals surface area (Å²) in [5, 5.41) is 16.8. The van der Waals surface area contributed by atoms with Crippen molar-refractivity contribution in [2.45, 2.75) is 19.8 Å². The van der Waals surface area contributed by atoms with Crippen molar-refractivity contribution in [1.82, 2.24) is 5.32 Å². The summed E-state index contributed by atoms with van der Waals surface area (Å²) >= 11 is 5.86. The highest BCUT2D eigenvalue weighted by Gasteiger charge is 2.22. The number of nitro groups is 1. The molecule has 1 aromatic rings. The topological polar surface area (TPSA) is 84.3 Å². The minimum atomic E-state index is -0.536.